The highest BCUT2D eigenvalue weighted by molar-refractivity contribution is 14.0. The van der Waals surface area contributed by atoms with Gasteiger partial charge in [0.25, 0.3) is 0 Å². The van der Waals surface area contributed by atoms with Gasteiger partial charge in [0.2, 0.25) is 0 Å². The first-order valence-corrected chi connectivity index (χ1v) is 10.0. The van der Waals surface area contributed by atoms with Crippen LogP contribution in [0.25, 0.3) is 0 Å². The first-order valence-electron chi connectivity index (χ1n) is 10.0. The maximum Gasteiger partial charge on any atom is 0.195 e. The van der Waals surface area contributed by atoms with Crippen molar-refractivity contribution < 1.29 is 18.6 Å². The number of halogens is 2. The van der Waals surface area contributed by atoms with Crippen LogP contribution in [0, 0.1) is 5.82 Å². The summed E-state index contributed by atoms with van der Waals surface area (Å²) in [6.07, 6.45) is 1.55. The molecule has 2 N–H and O–H groups in total. The lowest BCUT2D eigenvalue weighted by Crippen LogP contribution is -2.33. The lowest BCUT2D eigenvalue weighted by molar-refractivity contribution is 0.156. The molecular weight excluding hydrogens is 500 g/mol. The molecule has 0 fully saturated rings. The molecule has 0 spiro atoms. The van der Waals surface area contributed by atoms with Gasteiger partial charge in [-0.25, -0.2) is 4.39 Å². The summed E-state index contributed by atoms with van der Waals surface area (Å²) in [5.41, 5.74) is 1.78. The fourth-order valence-corrected chi connectivity index (χ4v) is 2.90. The van der Waals surface area contributed by atoms with E-state index in [0.717, 1.165) is 29.2 Å². The van der Waals surface area contributed by atoms with Crippen LogP contribution >= 0.6 is 24.0 Å². The van der Waals surface area contributed by atoms with Gasteiger partial charge in [-0.1, -0.05) is 12.1 Å². The Bertz CT molecular complexity index is 820. The fourth-order valence-electron chi connectivity index (χ4n) is 2.90. The summed E-state index contributed by atoms with van der Waals surface area (Å²) in [7, 11) is 0. The maximum absolute atomic E-state index is 13.4. The lowest BCUT2D eigenvalue weighted by atomic mass is 10.1. The van der Waals surface area contributed by atoms with E-state index in [4.69, 9.17) is 14.2 Å². The van der Waals surface area contributed by atoms with Gasteiger partial charge in [-0.15, -0.1) is 24.0 Å². The molecule has 1 aliphatic rings. The number of hydrogen-bond acceptors (Lipinski definition) is 4. The highest BCUT2D eigenvalue weighted by Gasteiger charge is 2.11. The van der Waals surface area contributed by atoms with Crippen molar-refractivity contribution in [3.05, 3.63) is 53.8 Å². The highest BCUT2D eigenvalue weighted by Crippen LogP contribution is 2.32. The molecule has 2 aromatic rings. The Hall–Kier alpha value is -2.07. The minimum Gasteiger partial charge on any atom is -0.490 e. The molecule has 0 saturated heterocycles. The van der Waals surface area contributed by atoms with E-state index in [1.807, 2.05) is 31.2 Å². The quantitative estimate of drug-likeness (QED) is 0.232. The Kier molecular flexibility index (Phi) is 10.7. The molecule has 0 aromatic heterocycles. The molecule has 0 saturated carbocycles. The van der Waals surface area contributed by atoms with Crippen LogP contribution in [-0.2, 0) is 11.2 Å². The third kappa shape index (κ3) is 7.98. The van der Waals surface area contributed by atoms with E-state index in [2.05, 4.69) is 15.6 Å². The van der Waals surface area contributed by atoms with E-state index < -0.39 is 0 Å². The predicted molar refractivity (Wildman–Crippen MR) is 128 cm³/mol. The molecule has 1 heterocycles. The van der Waals surface area contributed by atoms with Crippen molar-refractivity contribution in [1.82, 2.24) is 5.32 Å². The molecule has 30 heavy (non-hydrogen) atoms. The smallest absolute Gasteiger partial charge is 0.195 e. The second-order valence-electron chi connectivity index (χ2n) is 6.57. The Balaban J connectivity index is 0.00000320. The van der Waals surface area contributed by atoms with E-state index in [0.29, 0.717) is 51.9 Å². The third-order valence-electron chi connectivity index (χ3n) is 4.32. The van der Waals surface area contributed by atoms with Crippen LogP contribution in [0.3, 0.4) is 0 Å². The van der Waals surface area contributed by atoms with Crippen molar-refractivity contribution in [3.8, 4) is 11.5 Å². The molecule has 1 aliphatic heterocycles. The predicted octanol–water partition coefficient (Wildman–Crippen LogP) is 4.24. The second-order valence-corrected chi connectivity index (χ2v) is 6.57. The minimum atomic E-state index is -0.224. The van der Waals surface area contributed by atoms with Gasteiger partial charge in [0.15, 0.2) is 17.5 Å². The van der Waals surface area contributed by atoms with E-state index in [1.165, 1.54) is 6.07 Å². The van der Waals surface area contributed by atoms with Crippen LogP contribution in [0.1, 0.15) is 18.9 Å². The zero-order valence-corrected chi connectivity index (χ0v) is 19.5. The Morgan fingerprint density at radius 2 is 1.97 bits per heavy atom. The first-order chi connectivity index (χ1) is 14.2. The van der Waals surface area contributed by atoms with Gasteiger partial charge in [0.1, 0.15) is 5.82 Å². The van der Waals surface area contributed by atoms with Crippen LogP contribution in [0.5, 0.6) is 11.5 Å². The van der Waals surface area contributed by atoms with Gasteiger partial charge in [-0.2, -0.15) is 0 Å². The van der Waals surface area contributed by atoms with Gasteiger partial charge in [-0.3, -0.25) is 4.99 Å². The standard InChI is InChI=1S/C22H28FN3O3.HI/c1-2-27-14-11-25-22(24-10-9-17-5-3-6-18(23)15-17)26-19-7-8-20-21(16-19)29-13-4-12-28-20;/h3,5-8,15-16H,2,4,9-14H2,1H3,(H2,24,25,26);1H. The Morgan fingerprint density at radius 3 is 2.77 bits per heavy atom. The van der Waals surface area contributed by atoms with Gasteiger partial charge in [0.05, 0.1) is 26.4 Å². The molecule has 0 atom stereocenters. The van der Waals surface area contributed by atoms with Crippen LogP contribution in [-0.4, -0.2) is 45.5 Å². The molecule has 164 valence electrons. The first kappa shape index (κ1) is 24.2. The maximum atomic E-state index is 13.4. The fraction of sp³-hybridized carbons (Fsp3) is 0.409. The van der Waals surface area contributed by atoms with Crippen LogP contribution in [0.4, 0.5) is 10.1 Å². The van der Waals surface area contributed by atoms with E-state index in [1.54, 1.807) is 12.1 Å². The Morgan fingerprint density at radius 1 is 1.13 bits per heavy atom. The topological polar surface area (TPSA) is 64.1 Å². The molecule has 6 nitrogen and oxygen atoms in total. The number of aliphatic imine (C=N–C) groups is 1. The molecule has 0 unspecified atom stereocenters. The van der Waals surface area contributed by atoms with Crippen molar-refractivity contribution in [3.63, 3.8) is 0 Å². The number of benzene rings is 2. The van der Waals surface area contributed by atoms with Crippen molar-refractivity contribution in [2.45, 2.75) is 19.8 Å². The van der Waals surface area contributed by atoms with E-state index >= 15 is 0 Å². The second kappa shape index (κ2) is 13.3. The number of nitrogens with zero attached hydrogens (tertiary/aromatic N) is 1. The van der Waals surface area contributed by atoms with Crippen molar-refractivity contribution >= 4 is 35.6 Å². The van der Waals surface area contributed by atoms with Crippen LogP contribution < -0.4 is 20.1 Å². The molecular formula is C22H29FIN3O3. The highest BCUT2D eigenvalue weighted by atomic mass is 127. The summed E-state index contributed by atoms with van der Waals surface area (Å²) in [5.74, 6) is 1.89. The summed E-state index contributed by atoms with van der Waals surface area (Å²) >= 11 is 0. The summed E-state index contributed by atoms with van der Waals surface area (Å²) in [6, 6.07) is 12.4. The molecule has 0 amide bonds. The van der Waals surface area contributed by atoms with E-state index in [-0.39, 0.29) is 29.8 Å². The zero-order chi connectivity index (χ0) is 20.3. The van der Waals surface area contributed by atoms with Crippen molar-refractivity contribution in [1.29, 1.82) is 0 Å². The van der Waals surface area contributed by atoms with Crippen molar-refractivity contribution in [2.24, 2.45) is 4.99 Å². The van der Waals surface area contributed by atoms with Crippen LogP contribution in [0.15, 0.2) is 47.5 Å². The third-order valence-corrected chi connectivity index (χ3v) is 4.32. The summed E-state index contributed by atoms with van der Waals surface area (Å²) in [5, 5.41) is 6.59. The summed E-state index contributed by atoms with van der Waals surface area (Å²) < 4.78 is 30.2. The molecule has 3 rings (SSSR count). The van der Waals surface area contributed by atoms with Crippen molar-refractivity contribution in [2.75, 3.05) is 44.8 Å². The largest absolute Gasteiger partial charge is 0.490 e. The normalized spacial score (nSPS) is 13.2. The van der Waals surface area contributed by atoms with Gasteiger partial charge >= 0.3 is 0 Å². The molecule has 0 radical (unpaired) electrons. The number of fused-ring (bicyclic) bond motifs is 1. The number of ether oxygens (including phenoxy) is 3. The average molecular weight is 529 g/mol. The lowest BCUT2D eigenvalue weighted by Gasteiger charge is -2.15. The SMILES string of the molecule is CCOCCN=C(NCCc1cccc(F)c1)Nc1ccc2c(c1)OCCCO2.I. The van der Waals surface area contributed by atoms with Gasteiger partial charge in [0, 0.05) is 31.3 Å². The number of hydrogen-bond donors (Lipinski definition) is 2. The minimum absolute atomic E-state index is 0. The number of rotatable bonds is 8. The average Bonchev–Trinajstić information content (AvgIpc) is 2.96. The van der Waals surface area contributed by atoms with Crippen LogP contribution in [0.2, 0.25) is 0 Å². The summed E-state index contributed by atoms with van der Waals surface area (Å²) in [6.45, 7) is 5.62. The molecule has 0 aliphatic carbocycles. The van der Waals surface area contributed by atoms with Gasteiger partial charge in [-0.05, 0) is 43.2 Å². The molecule has 8 heteroatoms. The molecule has 0 bridgehead atoms. The molecule has 2 aromatic carbocycles. The number of anilines is 1. The number of nitrogens with one attached hydrogen (secondary N) is 2. The van der Waals surface area contributed by atoms with E-state index in [9.17, 15) is 4.39 Å². The monoisotopic (exact) mass is 529 g/mol. The zero-order valence-electron chi connectivity index (χ0n) is 17.2. The Labute approximate surface area is 194 Å². The van der Waals surface area contributed by atoms with Gasteiger partial charge < -0.3 is 24.8 Å². The number of guanidine groups is 1. The summed E-state index contributed by atoms with van der Waals surface area (Å²) in [4.78, 5) is 4.56.